The van der Waals surface area contributed by atoms with Crippen molar-refractivity contribution in [2.24, 2.45) is 0 Å². The van der Waals surface area contributed by atoms with Crippen molar-refractivity contribution in [3.63, 3.8) is 0 Å². The fourth-order valence-electron chi connectivity index (χ4n) is 1.23. The number of benzene rings is 1. The van der Waals surface area contributed by atoms with Gasteiger partial charge in [0.1, 0.15) is 6.61 Å². The fourth-order valence-corrected chi connectivity index (χ4v) is 1.23. The molecule has 2 rings (SSSR count). The average Bonchev–Trinajstić information content (AvgIpc) is 2.39. The van der Waals surface area contributed by atoms with Crippen LogP contribution in [0.3, 0.4) is 0 Å². The molecule has 0 aliphatic rings. The third-order valence-electron chi connectivity index (χ3n) is 2.10. The second-order valence-corrected chi connectivity index (χ2v) is 3.39. The van der Waals surface area contributed by atoms with Crippen molar-refractivity contribution in [2.45, 2.75) is 6.61 Å². The highest BCUT2D eigenvalue weighted by Crippen LogP contribution is 2.07. The largest absolute Gasteiger partial charge is 0.455 e. The number of nitrogens with two attached hydrogens (primary N) is 1. The van der Waals surface area contributed by atoms with Crippen LogP contribution in [0.5, 0.6) is 0 Å². The maximum atomic E-state index is 11.5. The summed E-state index contributed by atoms with van der Waals surface area (Å²) in [6, 6.07) is 8.74. The lowest BCUT2D eigenvalue weighted by atomic mass is 10.2. The van der Waals surface area contributed by atoms with Crippen molar-refractivity contribution >= 4 is 11.7 Å². The highest BCUT2D eigenvalue weighted by molar-refractivity contribution is 5.84. The van der Waals surface area contributed by atoms with Crippen molar-refractivity contribution in [1.29, 1.82) is 0 Å². The molecule has 1 aromatic heterocycles. The highest BCUT2D eigenvalue weighted by Gasteiger charge is 2.09. The van der Waals surface area contributed by atoms with Crippen LogP contribution in [0, 0.1) is 0 Å². The molecule has 5 nitrogen and oxygen atoms in total. The minimum atomic E-state index is -0.539. The van der Waals surface area contributed by atoms with Gasteiger partial charge in [0.25, 0.3) is 0 Å². The van der Waals surface area contributed by atoms with Gasteiger partial charge in [0, 0.05) is 18.1 Å². The normalized spacial score (nSPS) is 9.88. The van der Waals surface area contributed by atoms with Crippen molar-refractivity contribution in [2.75, 3.05) is 5.73 Å². The minimum Gasteiger partial charge on any atom is -0.455 e. The first-order chi connectivity index (χ1) is 8.25. The monoisotopic (exact) mass is 229 g/mol. The number of nitrogens with zero attached hydrogens (tertiary/aromatic N) is 2. The zero-order chi connectivity index (χ0) is 12.1. The second kappa shape index (κ2) is 5.07. The fraction of sp³-hybridized carbons (Fsp3) is 0.0833. The van der Waals surface area contributed by atoms with E-state index < -0.39 is 5.97 Å². The van der Waals surface area contributed by atoms with Gasteiger partial charge in [-0.3, -0.25) is 0 Å². The zero-order valence-electron chi connectivity index (χ0n) is 9.04. The number of nitrogen functional groups attached to an aromatic ring is 1. The lowest BCUT2D eigenvalue weighted by Gasteiger charge is -2.03. The topological polar surface area (TPSA) is 78.1 Å². The summed E-state index contributed by atoms with van der Waals surface area (Å²) < 4.78 is 5.05. The molecule has 1 aromatic carbocycles. The summed E-state index contributed by atoms with van der Waals surface area (Å²) in [6.07, 6.45) is 2.99. The molecule has 0 aliphatic carbocycles. The number of hydrogen-bond donors (Lipinski definition) is 1. The van der Waals surface area contributed by atoms with E-state index in [1.807, 2.05) is 0 Å². The van der Waals surface area contributed by atoms with Gasteiger partial charge in [-0.25, -0.2) is 14.8 Å². The van der Waals surface area contributed by atoms with Crippen molar-refractivity contribution in [3.05, 3.63) is 54.1 Å². The summed E-state index contributed by atoms with van der Waals surface area (Å²) in [5, 5.41) is 0. The van der Waals surface area contributed by atoms with Gasteiger partial charge in [-0.2, -0.15) is 0 Å². The van der Waals surface area contributed by atoms with Gasteiger partial charge in [0.15, 0.2) is 0 Å². The molecule has 0 aliphatic heterocycles. The molecular formula is C12H11N3O2. The third kappa shape index (κ3) is 3.01. The van der Waals surface area contributed by atoms with Crippen molar-refractivity contribution < 1.29 is 9.53 Å². The van der Waals surface area contributed by atoms with E-state index in [1.165, 1.54) is 12.4 Å². The van der Waals surface area contributed by atoms with Crippen LogP contribution in [0.2, 0.25) is 0 Å². The Kier molecular flexibility index (Phi) is 3.30. The molecule has 0 radical (unpaired) electrons. The molecule has 0 spiro atoms. The van der Waals surface area contributed by atoms with Crippen LogP contribution in [0.4, 0.5) is 5.69 Å². The summed E-state index contributed by atoms with van der Waals surface area (Å²) in [5.74, 6) is -0.481. The summed E-state index contributed by atoms with van der Waals surface area (Å²) >= 11 is 0. The van der Waals surface area contributed by atoms with Crippen LogP contribution in [-0.2, 0) is 11.3 Å². The molecule has 86 valence electrons. The molecule has 2 N–H and O–H groups in total. The summed E-state index contributed by atoms with van der Waals surface area (Å²) in [5.41, 5.74) is 7.08. The molecule has 2 aromatic rings. The zero-order valence-corrected chi connectivity index (χ0v) is 9.04. The van der Waals surface area contributed by atoms with E-state index in [4.69, 9.17) is 10.5 Å². The molecule has 1 heterocycles. The number of carbonyl (C=O) groups excluding carboxylic acids is 1. The number of rotatable bonds is 3. The molecular weight excluding hydrogens is 218 g/mol. The number of ether oxygens (including phenoxy) is 1. The quantitative estimate of drug-likeness (QED) is 0.636. The molecule has 0 atom stereocenters. The van der Waals surface area contributed by atoms with E-state index in [9.17, 15) is 4.79 Å². The Morgan fingerprint density at radius 3 is 2.47 bits per heavy atom. The predicted octanol–water partition coefficient (Wildman–Crippen LogP) is 1.42. The van der Waals surface area contributed by atoms with Gasteiger partial charge in [0.2, 0.25) is 5.82 Å². The van der Waals surface area contributed by atoms with Crippen LogP contribution in [0.15, 0.2) is 42.7 Å². The van der Waals surface area contributed by atoms with Gasteiger partial charge in [0.05, 0.1) is 0 Å². The minimum absolute atomic E-state index is 0.0583. The van der Waals surface area contributed by atoms with Crippen LogP contribution >= 0.6 is 0 Å². The summed E-state index contributed by atoms with van der Waals surface area (Å²) in [4.78, 5) is 19.1. The average molecular weight is 229 g/mol. The van der Waals surface area contributed by atoms with Gasteiger partial charge in [-0.1, -0.05) is 12.1 Å². The molecule has 5 heteroatoms. The number of esters is 1. The Balaban J connectivity index is 1.95. The second-order valence-electron chi connectivity index (χ2n) is 3.39. The number of aromatic nitrogens is 2. The SMILES string of the molecule is Nc1ccc(COC(=O)c2ncccn2)cc1. The van der Waals surface area contributed by atoms with Crippen LogP contribution in [-0.4, -0.2) is 15.9 Å². The molecule has 0 unspecified atom stereocenters. The maximum Gasteiger partial charge on any atom is 0.376 e. The summed E-state index contributed by atoms with van der Waals surface area (Å²) in [6.45, 7) is 0.178. The molecule has 0 saturated heterocycles. The lowest BCUT2D eigenvalue weighted by Crippen LogP contribution is -2.09. The Morgan fingerprint density at radius 2 is 1.82 bits per heavy atom. The first-order valence-corrected chi connectivity index (χ1v) is 5.04. The van der Waals surface area contributed by atoms with Crippen LogP contribution in [0.25, 0.3) is 0 Å². The summed E-state index contributed by atoms with van der Waals surface area (Å²) in [7, 11) is 0. The first-order valence-electron chi connectivity index (χ1n) is 5.04. The third-order valence-corrected chi connectivity index (χ3v) is 2.10. The number of anilines is 1. The number of carbonyl (C=O) groups is 1. The smallest absolute Gasteiger partial charge is 0.376 e. The van der Waals surface area contributed by atoms with Crippen LogP contribution < -0.4 is 5.73 Å². The van der Waals surface area contributed by atoms with Crippen molar-refractivity contribution in [3.8, 4) is 0 Å². The van der Waals surface area contributed by atoms with Crippen molar-refractivity contribution in [1.82, 2.24) is 9.97 Å². The molecule has 0 amide bonds. The standard InChI is InChI=1S/C12H11N3O2/c13-10-4-2-9(3-5-10)8-17-12(16)11-14-6-1-7-15-11/h1-7H,8,13H2. The maximum absolute atomic E-state index is 11.5. The lowest BCUT2D eigenvalue weighted by molar-refractivity contribution is 0.0458. The van der Waals surface area contributed by atoms with Gasteiger partial charge >= 0.3 is 5.97 Å². The Labute approximate surface area is 98.3 Å². The van der Waals surface area contributed by atoms with Gasteiger partial charge in [-0.15, -0.1) is 0 Å². The van der Waals surface area contributed by atoms with E-state index in [2.05, 4.69) is 9.97 Å². The molecule has 0 saturated carbocycles. The van der Waals surface area contributed by atoms with Gasteiger partial charge < -0.3 is 10.5 Å². The van der Waals surface area contributed by atoms with Gasteiger partial charge in [-0.05, 0) is 23.8 Å². The Morgan fingerprint density at radius 1 is 1.18 bits per heavy atom. The van der Waals surface area contributed by atoms with E-state index in [0.717, 1.165) is 5.56 Å². The Bertz CT molecular complexity index is 497. The van der Waals surface area contributed by atoms with E-state index in [0.29, 0.717) is 5.69 Å². The van der Waals surface area contributed by atoms with Crippen LogP contribution in [0.1, 0.15) is 16.2 Å². The highest BCUT2D eigenvalue weighted by atomic mass is 16.5. The molecule has 0 fully saturated rings. The number of hydrogen-bond acceptors (Lipinski definition) is 5. The van der Waals surface area contributed by atoms with E-state index in [-0.39, 0.29) is 12.4 Å². The molecule has 0 bridgehead atoms. The Hall–Kier alpha value is -2.43. The first kappa shape index (κ1) is 11.1. The van der Waals surface area contributed by atoms with E-state index in [1.54, 1.807) is 30.3 Å². The van der Waals surface area contributed by atoms with E-state index >= 15 is 0 Å². The molecule has 17 heavy (non-hydrogen) atoms. The predicted molar refractivity (Wildman–Crippen MR) is 62.0 cm³/mol.